The first kappa shape index (κ1) is 8.82. The summed E-state index contributed by atoms with van der Waals surface area (Å²) in [5.74, 6) is 2.92. The van der Waals surface area contributed by atoms with Crippen molar-refractivity contribution in [2.75, 3.05) is 6.54 Å². The standard InChI is InChI=1S/C11H18N2/c12-5-3-10-8-1-2-9(7-8)11(10)4-6-13/h1-3,5,8-11H,4,6-7,12-13H2/b5-3+. The number of fused-ring (bicyclic) bond motifs is 2. The molecule has 0 radical (unpaired) electrons. The molecule has 4 N–H and O–H groups in total. The van der Waals surface area contributed by atoms with E-state index in [9.17, 15) is 0 Å². The molecule has 72 valence electrons. The molecule has 1 fully saturated rings. The van der Waals surface area contributed by atoms with Gasteiger partial charge in [0.15, 0.2) is 0 Å². The van der Waals surface area contributed by atoms with Gasteiger partial charge >= 0.3 is 0 Å². The van der Waals surface area contributed by atoms with Gasteiger partial charge in [-0.3, -0.25) is 0 Å². The lowest BCUT2D eigenvalue weighted by Crippen LogP contribution is -2.21. The van der Waals surface area contributed by atoms with Gasteiger partial charge in [-0.2, -0.15) is 0 Å². The van der Waals surface area contributed by atoms with Crippen LogP contribution in [0.3, 0.4) is 0 Å². The topological polar surface area (TPSA) is 52.0 Å². The number of hydrogen-bond acceptors (Lipinski definition) is 2. The maximum atomic E-state index is 5.62. The third-order valence-corrected chi connectivity index (χ3v) is 3.52. The Kier molecular flexibility index (Phi) is 2.40. The largest absolute Gasteiger partial charge is 0.405 e. The van der Waals surface area contributed by atoms with Crippen molar-refractivity contribution in [3.05, 3.63) is 24.4 Å². The van der Waals surface area contributed by atoms with Gasteiger partial charge in [0.2, 0.25) is 0 Å². The van der Waals surface area contributed by atoms with Crippen LogP contribution in [0, 0.1) is 23.7 Å². The molecule has 2 rings (SSSR count). The second-order valence-corrected chi connectivity index (χ2v) is 4.15. The van der Waals surface area contributed by atoms with Gasteiger partial charge in [0.05, 0.1) is 0 Å². The van der Waals surface area contributed by atoms with Gasteiger partial charge in [0, 0.05) is 0 Å². The molecule has 4 unspecified atom stereocenters. The average molecular weight is 178 g/mol. The van der Waals surface area contributed by atoms with Crippen LogP contribution < -0.4 is 11.5 Å². The van der Waals surface area contributed by atoms with Gasteiger partial charge in [-0.15, -0.1) is 0 Å². The van der Waals surface area contributed by atoms with Crippen LogP contribution in [0.15, 0.2) is 24.4 Å². The van der Waals surface area contributed by atoms with Crippen molar-refractivity contribution in [2.45, 2.75) is 12.8 Å². The summed E-state index contributed by atoms with van der Waals surface area (Å²) in [5.41, 5.74) is 11.1. The lowest BCUT2D eigenvalue weighted by molar-refractivity contribution is 0.349. The summed E-state index contributed by atoms with van der Waals surface area (Å²) < 4.78 is 0. The minimum Gasteiger partial charge on any atom is -0.405 e. The molecule has 0 aromatic heterocycles. The quantitative estimate of drug-likeness (QED) is 0.639. The van der Waals surface area contributed by atoms with E-state index < -0.39 is 0 Å². The fourth-order valence-electron chi connectivity index (χ4n) is 2.98. The SMILES string of the molecule is N/C=C/C1C2C=CC(C2)C1CCN. The first-order valence-corrected chi connectivity index (χ1v) is 5.13. The van der Waals surface area contributed by atoms with Gasteiger partial charge in [-0.1, -0.05) is 18.2 Å². The zero-order valence-corrected chi connectivity index (χ0v) is 7.89. The zero-order valence-electron chi connectivity index (χ0n) is 7.89. The highest BCUT2D eigenvalue weighted by atomic mass is 14.6. The molecule has 1 saturated carbocycles. The zero-order chi connectivity index (χ0) is 9.26. The van der Waals surface area contributed by atoms with Gasteiger partial charge in [0.1, 0.15) is 0 Å². The highest BCUT2D eigenvalue weighted by molar-refractivity contribution is 5.17. The molecule has 0 amide bonds. The molecule has 0 aromatic carbocycles. The average Bonchev–Trinajstić information content (AvgIpc) is 2.69. The van der Waals surface area contributed by atoms with Crippen molar-refractivity contribution in [1.82, 2.24) is 0 Å². The highest BCUT2D eigenvalue weighted by Gasteiger charge is 2.42. The normalized spacial score (nSPS) is 42.2. The number of allylic oxidation sites excluding steroid dienone is 3. The summed E-state index contributed by atoms with van der Waals surface area (Å²) in [6.45, 7) is 0.802. The minimum absolute atomic E-state index is 0.656. The second kappa shape index (κ2) is 3.54. The molecular formula is C11H18N2. The smallest absolute Gasteiger partial charge is 0.00742 e. The maximum absolute atomic E-state index is 5.62. The van der Waals surface area contributed by atoms with Crippen molar-refractivity contribution in [3.63, 3.8) is 0 Å². The Balaban J connectivity index is 2.11. The van der Waals surface area contributed by atoms with Gasteiger partial charge in [-0.05, 0) is 49.3 Å². The Labute approximate surface area is 79.7 Å². The number of hydrogen-bond donors (Lipinski definition) is 2. The van der Waals surface area contributed by atoms with Gasteiger partial charge in [0.25, 0.3) is 0 Å². The summed E-state index contributed by atoms with van der Waals surface area (Å²) in [7, 11) is 0. The summed E-state index contributed by atoms with van der Waals surface area (Å²) in [4.78, 5) is 0. The van der Waals surface area contributed by atoms with E-state index in [2.05, 4.69) is 18.2 Å². The molecule has 0 spiro atoms. The highest BCUT2D eigenvalue weighted by Crippen LogP contribution is 2.49. The van der Waals surface area contributed by atoms with Crippen LogP contribution in [0.5, 0.6) is 0 Å². The lowest BCUT2D eigenvalue weighted by Gasteiger charge is -2.24. The van der Waals surface area contributed by atoms with Crippen molar-refractivity contribution >= 4 is 0 Å². The third kappa shape index (κ3) is 1.39. The van der Waals surface area contributed by atoms with Gasteiger partial charge < -0.3 is 11.5 Å². The molecule has 2 aliphatic carbocycles. The number of nitrogens with two attached hydrogens (primary N) is 2. The van der Waals surface area contributed by atoms with Crippen molar-refractivity contribution in [3.8, 4) is 0 Å². The van der Waals surface area contributed by atoms with Gasteiger partial charge in [-0.25, -0.2) is 0 Å². The fourth-order valence-corrected chi connectivity index (χ4v) is 2.98. The molecule has 13 heavy (non-hydrogen) atoms. The summed E-state index contributed by atoms with van der Waals surface area (Å²) in [6, 6.07) is 0. The predicted octanol–water partition coefficient (Wildman–Crippen LogP) is 1.25. The van der Waals surface area contributed by atoms with Crippen molar-refractivity contribution < 1.29 is 0 Å². The van der Waals surface area contributed by atoms with E-state index >= 15 is 0 Å². The Morgan fingerprint density at radius 2 is 2.08 bits per heavy atom. The monoisotopic (exact) mass is 178 g/mol. The molecule has 2 aliphatic rings. The van der Waals surface area contributed by atoms with E-state index in [0.717, 1.165) is 30.7 Å². The molecule has 0 saturated heterocycles. The van der Waals surface area contributed by atoms with Crippen LogP contribution in [0.2, 0.25) is 0 Å². The van der Waals surface area contributed by atoms with E-state index in [1.165, 1.54) is 6.42 Å². The van der Waals surface area contributed by atoms with E-state index in [0.29, 0.717) is 5.92 Å². The fraction of sp³-hybridized carbons (Fsp3) is 0.636. The van der Waals surface area contributed by atoms with Crippen LogP contribution in [0.1, 0.15) is 12.8 Å². The van der Waals surface area contributed by atoms with Crippen LogP contribution in [0.4, 0.5) is 0 Å². The lowest BCUT2D eigenvalue weighted by atomic mass is 9.81. The minimum atomic E-state index is 0.656. The van der Waals surface area contributed by atoms with Crippen LogP contribution in [-0.4, -0.2) is 6.54 Å². The molecule has 2 nitrogen and oxygen atoms in total. The Morgan fingerprint density at radius 3 is 2.77 bits per heavy atom. The molecule has 0 aromatic rings. The predicted molar refractivity (Wildman–Crippen MR) is 54.7 cm³/mol. The van der Waals surface area contributed by atoms with Crippen molar-refractivity contribution in [2.24, 2.45) is 35.1 Å². The maximum Gasteiger partial charge on any atom is -0.00742 e. The number of rotatable bonds is 3. The Morgan fingerprint density at radius 1 is 1.31 bits per heavy atom. The first-order valence-electron chi connectivity index (χ1n) is 5.13. The summed E-state index contributed by atoms with van der Waals surface area (Å²) >= 11 is 0. The molecule has 4 atom stereocenters. The molecule has 0 aliphatic heterocycles. The molecular weight excluding hydrogens is 160 g/mol. The van der Waals surface area contributed by atoms with E-state index in [-0.39, 0.29) is 0 Å². The molecule has 0 heterocycles. The van der Waals surface area contributed by atoms with E-state index in [1.807, 2.05) is 0 Å². The first-order chi connectivity index (χ1) is 6.36. The molecule has 2 heteroatoms. The third-order valence-electron chi connectivity index (χ3n) is 3.52. The Bertz CT molecular complexity index is 232. The summed E-state index contributed by atoms with van der Waals surface area (Å²) in [6.07, 6.45) is 11.0. The summed E-state index contributed by atoms with van der Waals surface area (Å²) in [5, 5.41) is 0. The van der Waals surface area contributed by atoms with Crippen molar-refractivity contribution in [1.29, 1.82) is 0 Å². The van der Waals surface area contributed by atoms with Crippen LogP contribution in [-0.2, 0) is 0 Å². The second-order valence-electron chi connectivity index (χ2n) is 4.15. The Hall–Kier alpha value is -0.760. The molecule has 2 bridgehead atoms. The van der Waals surface area contributed by atoms with Crippen LogP contribution in [0.25, 0.3) is 0 Å². The van der Waals surface area contributed by atoms with E-state index in [4.69, 9.17) is 11.5 Å². The van der Waals surface area contributed by atoms with E-state index in [1.54, 1.807) is 6.20 Å². The van der Waals surface area contributed by atoms with Crippen LogP contribution >= 0.6 is 0 Å².